The first-order valence-corrected chi connectivity index (χ1v) is 9.18. The molecule has 1 aromatic heterocycles. The van der Waals surface area contributed by atoms with Crippen molar-refractivity contribution in [1.82, 2.24) is 10.6 Å². The van der Waals surface area contributed by atoms with Gasteiger partial charge in [0, 0.05) is 20.1 Å². The van der Waals surface area contributed by atoms with Gasteiger partial charge in [0.1, 0.15) is 5.75 Å². The van der Waals surface area contributed by atoms with E-state index in [0.717, 1.165) is 36.8 Å². The second kappa shape index (κ2) is 11.4. The van der Waals surface area contributed by atoms with E-state index in [4.69, 9.17) is 4.74 Å². The van der Waals surface area contributed by atoms with E-state index in [1.807, 2.05) is 0 Å². The van der Waals surface area contributed by atoms with Crippen LogP contribution in [0.15, 0.2) is 40.0 Å². The van der Waals surface area contributed by atoms with Gasteiger partial charge in [0.05, 0.1) is 7.11 Å². The third-order valence-corrected chi connectivity index (χ3v) is 4.79. The number of benzene rings is 1. The maximum absolute atomic E-state index is 5.38. The molecule has 2 N–H and O–H groups in total. The molecule has 0 radical (unpaired) electrons. The van der Waals surface area contributed by atoms with Crippen LogP contribution >= 0.6 is 35.3 Å². The lowest BCUT2D eigenvalue weighted by atomic mass is 10.1. The van der Waals surface area contributed by atoms with Crippen LogP contribution in [-0.2, 0) is 6.42 Å². The third kappa shape index (κ3) is 6.86. The highest BCUT2D eigenvalue weighted by Crippen LogP contribution is 2.19. The summed E-state index contributed by atoms with van der Waals surface area (Å²) in [5, 5.41) is 11.1. The van der Waals surface area contributed by atoms with Crippen molar-refractivity contribution < 1.29 is 4.74 Å². The zero-order chi connectivity index (χ0) is 17.4. The normalized spacial score (nSPS) is 12.2. The Bertz CT molecular complexity index is 659. The van der Waals surface area contributed by atoms with Gasteiger partial charge in [-0.15, -0.1) is 24.0 Å². The molecule has 1 heterocycles. The average molecular weight is 473 g/mol. The van der Waals surface area contributed by atoms with Crippen molar-refractivity contribution in [2.24, 2.45) is 4.99 Å². The number of halogens is 1. The highest BCUT2D eigenvalue weighted by Gasteiger charge is 2.07. The van der Waals surface area contributed by atoms with Crippen molar-refractivity contribution >= 4 is 41.3 Å². The number of methoxy groups -OCH3 is 1. The smallest absolute Gasteiger partial charge is 0.191 e. The molecule has 0 aliphatic rings. The van der Waals surface area contributed by atoms with Gasteiger partial charge in [0.15, 0.2) is 5.96 Å². The van der Waals surface area contributed by atoms with Crippen LogP contribution in [0, 0.1) is 6.92 Å². The number of aryl methyl sites for hydroxylation is 1. The monoisotopic (exact) mass is 473 g/mol. The summed E-state index contributed by atoms with van der Waals surface area (Å²) in [6.07, 6.45) is 0.928. The van der Waals surface area contributed by atoms with Crippen LogP contribution in [0.25, 0.3) is 0 Å². The Morgan fingerprint density at radius 3 is 2.72 bits per heavy atom. The molecule has 1 unspecified atom stereocenters. The highest BCUT2D eigenvalue weighted by molar-refractivity contribution is 14.0. The number of nitrogens with one attached hydrogen (secondary N) is 2. The molecule has 1 aromatic carbocycles. The van der Waals surface area contributed by atoms with Gasteiger partial charge in [-0.05, 0) is 58.8 Å². The summed E-state index contributed by atoms with van der Waals surface area (Å²) in [6.45, 7) is 5.98. The molecule has 0 aliphatic heterocycles. The molecule has 0 amide bonds. The maximum Gasteiger partial charge on any atom is 0.191 e. The van der Waals surface area contributed by atoms with E-state index in [1.165, 1.54) is 11.1 Å². The number of rotatable bonds is 7. The molecule has 4 nitrogen and oxygen atoms in total. The maximum atomic E-state index is 5.38. The van der Waals surface area contributed by atoms with Crippen LogP contribution in [0.1, 0.15) is 29.5 Å². The van der Waals surface area contributed by atoms with E-state index < -0.39 is 0 Å². The standard InChI is InChI=1S/C19H27N3OS.HI/c1-14-5-6-16(11-18(14)23-4)7-9-21-19(20-3)22-12-15(2)17-8-10-24-13-17;/h5-6,8,10-11,13,15H,7,9,12H2,1-4H3,(H2,20,21,22);1H. The molecule has 0 fully saturated rings. The topological polar surface area (TPSA) is 45.7 Å². The number of nitrogens with zero attached hydrogens (tertiary/aromatic N) is 1. The number of thiophene rings is 1. The van der Waals surface area contributed by atoms with Crippen molar-refractivity contribution in [3.63, 3.8) is 0 Å². The minimum absolute atomic E-state index is 0. The van der Waals surface area contributed by atoms with Crippen molar-refractivity contribution in [1.29, 1.82) is 0 Å². The molecule has 0 saturated heterocycles. The number of hydrogen-bond donors (Lipinski definition) is 2. The predicted molar refractivity (Wildman–Crippen MR) is 119 cm³/mol. The second-order valence-corrected chi connectivity index (χ2v) is 6.67. The quantitative estimate of drug-likeness (QED) is 0.360. The summed E-state index contributed by atoms with van der Waals surface area (Å²) in [5.41, 5.74) is 3.79. The van der Waals surface area contributed by atoms with Gasteiger partial charge in [-0.2, -0.15) is 11.3 Å². The van der Waals surface area contributed by atoms with Gasteiger partial charge in [0.25, 0.3) is 0 Å². The SMILES string of the molecule is CN=C(NCCc1ccc(C)c(OC)c1)NCC(C)c1ccsc1.I. The predicted octanol–water partition coefficient (Wildman–Crippen LogP) is 4.19. The van der Waals surface area contributed by atoms with Crippen LogP contribution in [0.5, 0.6) is 5.75 Å². The molecule has 138 valence electrons. The molecule has 0 spiro atoms. The Labute approximate surface area is 172 Å². The first-order chi connectivity index (χ1) is 11.6. The average Bonchev–Trinajstić information content (AvgIpc) is 3.13. The summed E-state index contributed by atoms with van der Waals surface area (Å²) < 4.78 is 5.38. The summed E-state index contributed by atoms with van der Waals surface area (Å²) in [4.78, 5) is 4.29. The van der Waals surface area contributed by atoms with Crippen molar-refractivity contribution in [2.45, 2.75) is 26.2 Å². The minimum atomic E-state index is 0. The second-order valence-electron chi connectivity index (χ2n) is 5.89. The van der Waals surface area contributed by atoms with Gasteiger partial charge in [0.2, 0.25) is 0 Å². The van der Waals surface area contributed by atoms with Crippen molar-refractivity contribution in [2.75, 3.05) is 27.2 Å². The van der Waals surface area contributed by atoms with Gasteiger partial charge in [-0.3, -0.25) is 4.99 Å². The zero-order valence-electron chi connectivity index (χ0n) is 15.3. The molecule has 2 aromatic rings. The molecule has 1 atom stereocenters. The fraction of sp³-hybridized carbons (Fsp3) is 0.421. The van der Waals surface area contributed by atoms with Crippen molar-refractivity contribution in [3.05, 3.63) is 51.7 Å². The Morgan fingerprint density at radius 1 is 1.28 bits per heavy atom. The fourth-order valence-electron chi connectivity index (χ4n) is 2.49. The lowest BCUT2D eigenvalue weighted by Crippen LogP contribution is -2.39. The first-order valence-electron chi connectivity index (χ1n) is 8.24. The molecule has 2 rings (SSSR count). The zero-order valence-corrected chi connectivity index (χ0v) is 18.5. The van der Waals surface area contributed by atoms with Crippen LogP contribution in [0.2, 0.25) is 0 Å². The molecular formula is C19H28IN3OS. The van der Waals surface area contributed by atoms with Crippen LogP contribution in [0.4, 0.5) is 0 Å². The van der Waals surface area contributed by atoms with E-state index in [-0.39, 0.29) is 24.0 Å². The molecule has 6 heteroatoms. The van der Waals surface area contributed by atoms with Crippen LogP contribution < -0.4 is 15.4 Å². The summed E-state index contributed by atoms with van der Waals surface area (Å²) in [7, 11) is 3.52. The fourth-order valence-corrected chi connectivity index (χ4v) is 3.27. The van der Waals surface area contributed by atoms with Gasteiger partial charge in [-0.25, -0.2) is 0 Å². The minimum Gasteiger partial charge on any atom is -0.496 e. The largest absolute Gasteiger partial charge is 0.496 e. The van der Waals surface area contributed by atoms with Crippen LogP contribution in [0.3, 0.4) is 0 Å². The Hall–Kier alpha value is -1.28. The molecule has 0 aliphatic carbocycles. The number of aliphatic imine (C=N–C) groups is 1. The van der Waals surface area contributed by atoms with E-state index in [9.17, 15) is 0 Å². The molecule has 0 bridgehead atoms. The van der Waals surface area contributed by atoms with E-state index in [0.29, 0.717) is 5.92 Å². The van der Waals surface area contributed by atoms with Gasteiger partial charge < -0.3 is 15.4 Å². The first kappa shape index (κ1) is 21.8. The summed E-state index contributed by atoms with van der Waals surface area (Å²) >= 11 is 1.74. The van der Waals surface area contributed by atoms with Crippen molar-refractivity contribution in [3.8, 4) is 5.75 Å². The number of ether oxygens (including phenoxy) is 1. The molecule has 25 heavy (non-hydrogen) atoms. The Kier molecular flexibility index (Phi) is 9.89. The van der Waals surface area contributed by atoms with E-state index in [1.54, 1.807) is 25.5 Å². The lowest BCUT2D eigenvalue weighted by molar-refractivity contribution is 0.411. The Balaban J connectivity index is 0.00000312. The lowest BCUT2D eigenvalue weighted by Gasteiger charge is -2.15. The summed E-state index contributed by atoms with van der Waals surface area (Å²) in [5.74, 6) is 2.26. The third-order valence-electron chi connectivity index (χ3n) is 4.09. The Morgan fingerprint density at radius 2 is 2.08 bits per heavy atom. The van der Waals surface area contributed by atoms with Gasteiger partial charge in [-0.1, -0.05) is 19.1 Å². The highest BCUT2D eigenvalue weighted by atomic mass is 127. The molecular weight excluding hydrogens is 445 g/mol. The van der Waals surface area contributed by atoms with E-state index >= 15 is 0 Å². The number of guanidine groups is 1. The van der Waals surface area contributed by atoms with E-state index in [2.05, 4.69) is 64.5 Å². The number of hydrogen-bond acceptors (Lipinski definition) is 3. The van der Waals surface area contributed by atoms with Gasteiger partial charge >= 0.3 is 0 Å². The van der Waals surface area contributed by atoms with Crippen LogP contribution in [-0.4, -0.2) is 33.2 Å². The summed E-state index contributed by atoms with van der Waals surface area (Å²) in [6, 6.07) is 8.53. The molecule has 0 saturated carbocycles.